The van der Waals surface area contributed by atoms with E-state index in [-0.39, 0.29) is 0 Å². The Balaban J connectivity index is 5.02. The van der Waals surface area contributed by atoms with Crippen LogP contribution in [0.3, 0.4) is 0 Å². The molecule has 0 aromatic rings. The molecule has 150 valence electrons. The van der Waals surface area contributed by atoms with Crippen LogP contribution in [0.25, 0.3) is 0 Å². The minimum atomic E-state index is -2.72. The van der Waals surface area contributed by atoms with Gasteiger partial charge in [-0.3, -0.25) is 0 Å². The smallest absolute Gasteiger partial charge is 0.469 e. The Morgan fingerprint density at radius 3 is 1.48 bits per heavy atom. The minimum absolute atomic E-state index is 0.536. The third kappa shape index (κ3) is 15.0. The van der Waals surface area contributed by atoms with E-state index in [1.54, 1.807) is 0 Å². The number of hydrogen-bond donors (Lipinski definition) is 0. The van der Waals surface area contributed by atoms with Gasteiger partial charge in [-0.15, -0.1) is 0 Å². The predicted octanol–water partition coefficient (Wildman–Crippen LogP) is 5.05. The second kappa shape index (κ2) is 10.5. The van der Waals surface area contributed by atoms with E-state index in [0.717, 1.165) is 12.5 Å². The van der Waals surface area contributed by atoms with Gasteiger partial charge in [0.05, 0.1) is 12.9 Å². The van der Waals surface area contributed by atoms with E-state index in [9.17, 15) is 0 Å². The van der Waals surface area contributed by atoms with Crippen LogP contribution in [0.1, 0.15) is 6.42 Å². The van der Waals surface area contributed by atoms with Crippen molar-refractivity contribution in [2.75, 3.05) is 19.8 Å². The monoisotopic (exact) mass is 424 g/mol. The van der Waals surface area contributed by atoms with Gasteiger partial charge < -0.3 is 21.8 Å². The summed E-state index contributed by atoms with van der Waals surface area (Å²) in [5, 5.41) is 0. The highest BCUT2D eigenvalue weighted by Gasteiger charge is 2.49. The molecule has 0 bridgehead atoms. The van der Waals surface area contributed by atoms with Crippen molar-refractivity contribution < 1.29 is 21.8 Å². The largest absolute Gasteiger partial charge is 0.499 e. The van der Waals surface area contributed by atoms with E-state index in [4.69, 9.17) is 21.8 Å². The Labute approximate surface area is 159 Å². The van der Waals surface area contributed by atoms with Crippen molar-refractivity contribution in [1.29, 1.82) is 0 Å². The van der Waals surface area contributed by atoms with Crippen LogP contribution in [0.2, 0.25) is 65.0 Å². The summed E-state index contributed by atoms with van der Waals surface area (Å²) in [6.45, 7) is 25.2. The second-order valence-electron chi connectivity index (χ2n) is 9.08. The maximum absolute atomic E-state index is 6.63. The first-order chi connectivity index (χ1) is 11.2. The molecule has 0 fully saturated rings. The molecule has 0 N–H and O–H groups in total. The van der Waals surface area contributed by atoms with Gasteiger partial charge in [-0.1, -0.05) is 6.58 Å². The fourth-order valence-corrected chi connectivity index (χ4v) is 16.9. The highest BCUT2D eigenvalue weighted by molar-refractivity contribution is 6.90. The van der Waals surface area contributed by atoms with E-state index < -0.39 is 33.8 Å². The zero-order valence-corrected chi connectivity index (χ0v) is 21.9. The van der Waals surface area contributed by atoms with Crippen LogP contribution >= 0.6 is 0 Å². The predicted molar refractivity (Wildman–Crippen MR) is 115 cm³/mol. The lowest BCUT2D eigenvalue weighted by Gasteiger charge is -2.42. The summed E-state index contributed by atoms with van der Waals surface area (Å²) in [6.07, 6.45) is 2.31. The van der Waals surface area contributed by atoms with Crippen LogP contribution in [0.5, 0.6) is 0 Å². The molecule has 0 aliphatic rings. The van der Waals surface area contributed by atoms with Gasteiger partial charge in [0.1, 0.15) is 6.61 Å². The van der Waals surface area contributed by atoms with Crippen LogP contribution < -0.4 is 0 Å². The van der Waals surface area contributed by atoms with Crippen molar-refractivity contribution in [3.8, 4) is 0 Å². The van der Waals surface area contributed by atoms with Crippen molar-refractivity contribution in [2.24, 2.45) is 0 Å². The van der Waals surface area contributed by atoms with E-state index in [0.29, 0.717) is 19.8 Å². The van der Waals surface area contributed by atoms with E-state index in [2.05, 4.69) is 65.5 Å². The van der Waals surface area contributed by atoms with Gasteiger partial charge in [-0.25, -0.2) is 0 Å². The molecule has 0 aliphatic heterocycles. The molecule has 9 heteroatoms. The maximum Gasteiger partial charge on any atom is 0.469 e. The van der Waals surface area contributed by atoms with Gasteiger partial charge in [-0.05, 0) is 65.3 Å². The molecular weight excluding hydrogens is 385 g/mol. The van der Waals surface area contributed by atoms with Crippen molar-refractivity contribution >= 4 is 33.8 Å². The van der Waals surface area contributed by atoms with Gasteiger partial charge in [-0.2, -0.15) is 0 Å². The van der Waals surface area contributed by atoms with Crippen molar-refractivity contribution in [3.05, 3.63) is 12.8 Å². The van der Waals surface area contributed by atoms with Gasteiger partial charge in [0, 0.05) is 12.7 Å². The Kier molecular flexibility index (Phi) is 10.7. The third-order valence-corrected chi connectivity index (χ3v) is 14.7. The Bertz CT molecular complexity index is 345. The lowest BCUT2D eigenvalue weighted by Crippen LogP contribution is -2.60. The standard InChI is InChI=1S/C16H40O5Si4/c1-11-17-14-15-18-13-12-16-25(19-22(2,3)4,20-23(5,6)7)21-24(8,9)10/h11H,1,12-16H2,2-10H3. The van der Waals surface area contributed by atoms with Crippen LogP contribution in [0.4, 0.5) is 0 Å². The highest BCUT2D eigenvalue weighted by Crippen LogP contribution is 2.29. The molecule has 0 rings (SSSR count). The number of rotatable bonds is 14. The topological polar surface area (TPSA) is 46.2 Å². The molecule has 0 unspecified atom stereocenters. The van der Waals surface area contributed by atoms with Gasteiger partial charge in [0.2, 0.25) is 0 Å². The highest BCUT2D eigenvalue weighted by atomic mass is 28.5. The zero-order valence-electron chi connectivity index (χ0n) is 17.9. The summed E-state index contributed by atoms with van der Waals surface area (Å²) in [7, 11) is -8.10. The molecule has 0 spiro atoms. The molecule has 0 radical (unpaired) electrons. The SMILES string of the molecule is C=COCCOCCC[Si](O[Si](C)(C)C)(O[Si](C)(C)C)O[Si](C)(C)C. The molecular formula is C16H40O5Si4. The Morgan fingerprint density at radius 1 is 0.680 bits per heavy atom. The average molecular weight is 425 g/mol. The molecule has 0 saturated carbocycles. The van der Waals surface area contributed by atoms with Gasteiger partial charge >= 0.3 is 8.80 Å². The normalized spacial score (nSPS) is 13.8. The molecule has 0 saturated heterocycles. The lowest BCUT2D eigenvalue weighted by atomic mass is 10.5. The molecule has 0 atom stereocenters. The van der Waals surface area contributed by atoms with Crippen LogP contribution in [-0.4, -0.2) is 53.6 Å². The van der Waals surface area contributed by atoms with Crippen molar-refractivity contribution in [2.45, 2.75) is 71.4 Å². The van der Waals surface area contributed by atoms with E-state index >= 15 is 0 Å². The van der Waals surface area contributed by atoms with Crippen molar-refractivity contribution in [3.63, 3.8) is 0 Å². The Hall–Kier alpha value is 0.248. The average Bonchev–Trinajstić information content (AvgIpc) is 2.31. The van der Waals surface area contributed by atoms with E-state index in [1.165, 1.54) is 6.26 Å². The fraction of sp³-hybridized carbons (Fsp3) is 0.875. The molecule has 0 aromatic heterocycles. The van der Waals surface area contributed by atoms with Crippen molar-refractivity contribution in [1.82, 2.24) is 0 Å². The Morgan fingerprint density at radius 2 is 1.12 bits per heavy atom. The summed E-state index contributed by atoms with van der Waals surface area (Å²) >= 11 is 0. The first-order valence-corrected chi connectivity index (χ1v) is 21.2. The second-order valence-corrected chi connectivity index (χ2v) is 26.1. The molecule has 0 heterocycles. The first-order valence-electron chi connectivity index (χ1n) is 9.09. The molecule has 5 nitrogen and oxygen atoms in total. The zero-order chi connectivity index (χ0) is 19.8. The minimum Gasteiger partial charge on any atom is -0.499 e. The number of ether oxygens (including phenoxy) is 2. The van der Waals surface area contributed by atoms with Gasteiger partial charge in [0.25, 0.3) is 0 Å². The van der Waals surface area contributed by atoms with Crippen LogP contribution in [-0.2, 0) is 21.8 Å². The van der Waals surface area contributed by atoms with Gasteiger partial charge in [0.15, 0.2) is 25.0 Å². The summed E-state index contributed by atoms with van der Waals surface area (Å²) in [4.78, 5) is 0. The molecule has 25 heavy (non-hydrogen) atoms. The molecule has 0 amide bonds. The van der Waals surface area contributed by atoms with Crippen LogP contribution in [0.15, 0.2) is 12.8 Å². The summed E-state index contributed by atoms with van der Waals surface area (Å²) in [5.74, 6) is 0. The fourth-order valence-electron chi connectivity index (χ4n) is 2.30. The molecule has 0 aliphatic carbocycles. The summed E-state index contributed by atoms with van der Waals surface area (Å²) in [5.41, 5.74) is 0. The quantitative estimate of drug-likeness (QED) is 0.222. The number of hydrogen-bond acceptors (Lipinski definition) is 5. The first kappa shape index (κ1) is 25.2. The maximum atomic E-state index is 6.63. The lowest BCUT2D eigenvalue weighted by molar-refractivity contribution is 0.0838. The molecule has 0 aromatic carbocycles. The third-order valence-electron chi connectivity index (χ3n) is 2.62. The van der Waals surface area contributed by atoms with Crippen LogP contribution in [0, 0.1) is 0 Å². The van der Waals surface area contributed by atoms with E-state index in [1.807, 2.05) is 0 Å². The summed E-state index contributed by atoms with van der Waals surface area (Å²) < 4.78 is 30.6. The summed E-state index contributed by atoms with van der Waals surface area (Å²) in [6, 6.07) is 0.814.